The van der Waals surface area contributed by atoms with Crippen molar-refractivity contribution in [3.63, 3.8) is 0 Å². The maximum atomic E-state index is 13.4. The molecule has 0 radical (unpaired) electrons. The highest BCUT2D eigenvalue weighted by Crippen LogP contribution is 2.43. The van der Waals surface area contributed by atoms with Crippen LogP contribution in [0, 0.1) is 39.5 Å². The fourth-order valence-corrected chi connectivity index (χ4v) is 17.9. The number of hydrogen-bond donors (Lipinski definition) is 2. The number of aromatic amines is 1. The van der Waals surface area contributed by atoms with Gasteiger partial charge in [0.25, 0.3) is 11.5 Å². The standard InChI is InChI=1S/C26H25N5O2.C25H28N4O2.C24H20N4O2.C24H26N4O/c1-18-22-14-16-30(26(32)28-17-19-10-12-21(33-2)13-11-19)25-23(9-6-15-27-25)24(22)29-31(18)20-7-4-3-5-8-20;1-17-21-14-16-28(25(30)18-7-4-3-5-8-18)24-22(9-6-15-26-24)23(21)27-29(17)19-10-12-20(31-2)13-11-19;1-16-7-5-8-17(15-16)23(29)27-14-12-20-21(19-11-6-13-25-22(19)27)26-28(24(20)30)18-9-3-2-4-10-18;1-17-20-14-16-27(24(29)18-9-4-2-5-10-18)23-21(13-8-15-25-23)22(20)26-28(17)19-11-6-3-7-12-19/h3-13,15H,14,16-17H2,1-2H3,(H,28,32);6,9-13,15,18H,3-5,7-8,14,16H2,1-2H3;2-11,13,15,26H,12,14H2,1H3;3,6-8,11-13,15,18H,2,4-5,9-10,14,16H2,1H3. The van der Waals surface area contributed by atoms with Crippen LogP contribution in [0.1, 0.15) is 125 Å². The van der Waals surface area contributed by atoms with Crippen LogP contribution in [0.2, 0.25) is 0 Å². The average molecular weight is 1640 g/mol. The number of fused-ring (bicyclic) bond motifs is 12. The van der Waals surface area contributed by atoms with Gasteiger partial charge in [-0.25, -0.2) is 43.5 Å². The van der Waals surface area contributed by atoms with Gasteiger partial charge in [0.05, 0.1) is 59.7 Å². The minimum atomic E-state index is -0.176. The molecule has 24 nitrogen and oxygen atoms in total. The summed E-state index contributed by atoms with van der Waals surface area (Å²) in [6, 6.07) is 68.3. The Balaban J connectivity index is 0.000000116. The molecule has 123 heavy (non-hydrogen) atoms. The van der Waals surface area contributed by atoms with Crippen molar-refractivity contribution >= 4 is 47.0 Å². The number of H-pyrrole nitrogens is 1. The zero-order valence-corrected chi connectivity index (χ0v) is 70.2. The molecule has 14 aromatic rings. The van der Waals surface area contributed by atoms with Crippen molar-refractivity contribution in [2.75, 3.05) is 60.0 Å². The highest BCUT2D eigenvalue weighted by Gasteiger charge is 2.37. The van der Waals surface area contributed by atoms with E-state index in [1.54, 1.807) is 53.5 Å². The second-order valence-electron chi connectivity index (χ2n) is 31.9. The van der Waals surface area contributed by atoms with Gasteiger partial charge < -0.3 is 14.8 Å². The van der Waals surface area contributed by atoms with Gasteiger partial charge in [0.2, 0.25) is 11.8 Å². The van der Waals surface area contributed by atoms with Gasteiger partial charge in [0.1, 0.15) is 34.8 Å². The van der Waals surface area contributed by atoms with Gasteiger partial charge in [-0.2, -0.15) is 15.3 Å². The molecule has 0 bridgehead atoms. The Labute approximate surface area is 714 Å². The van der Waals surface area contributed by atoms with Gasteiger partial charge in [-0.3, -0.25) is 43.9 Å². The first-order chi connectivity index (χ1) is 60.2. The molecule has 2 N–H and O–H groups in total. The quantitative estimate of drug-likeness (QED) is 0.122. The number of carbonyl (C=O) groups is 4. The van der Waals surface area contributed by atoms with Gasteiger partial charge in [-0.1, -0.05) is 123 Å². The van der Waals surface area contributed by atoms with Crippen LogP contribution in [0.3, 0.4) is 0 Å². The summed E-state index contributed by atoms with van der Waals surface area (Å²) < 4.78 is 18.0. The molecule has 12 heterocycles. The summed E-state index contributed by atoms with van der Waals surface area (Å²) in [4.78, 5) is 92.1. The second kappa shape index (κ2) is 36.4. The number of benzene rings is 6. The Morgan fingerprint density at radius 1 is 0.407 bits per heavy atom. The van der Waals surface area contributed by atoms with Gasteiger partial charge in [-0.05, 0) is 218 Å². The van der Waals surface area contributed by atoms with Gasteiger partial charge in [0, 0.05) is 136 Å². The number of methoxy groups -OCH3 is 2. The van der Waals surface area contributed by atoms with E-state index in [0.29, 0.717) is 74.0 Å². The molecule has 0 saturated heterocycles. The van der Waals surface area contributed by atoms with E-state index in [2.05, 4.69) is 69.3 Å². The summed E-state index contributed by atoms with van der Waals surface area (Å²) in [5.41, 5.74) is 20.8. The molecule has 4 aliphatic heterocycles. The number of aromatic nitrogens is 12. The lowest BCUT2D eigenvalue weighted by Gasteiger charge is -2.28. The number of nitrogens with one attached hydrogen (secondary N) is 2. The summed E-state index contributed by atoms with van der Waals surface area (Å²) in [6.45, 7) is 10.9. The third-order valence-corrected chi connectivity index (χ3v) is 24.4. The Morgan fingerprint density at radius 3 is 1.24 bits per heavy atom. The van der Waals surface area contributed by atoms with Crippen LogP contribution in [-0.4, -0.2) is 123 Å². The van der Waals surface area contributed by atoms with E-state index in [4.69, 9.17) is 24.8 Å². The van der Waals surface area contributed by atoms with Crippen LogP contribution in [0.15, 0.2) is 242 Å². The number of para-hydroxylation sites is 3. The molecule has 6 aromatic carbocycles. The smallest absolute Gasteiger partial charge is 0.323 e. The molecule has 24 heteroatoms. The van der Waals surface area contributed by atoms with Crippen LogP contribution in [-0.2, 0) is 41.8 Å². The van der Waals surface area contributed by atoms with E-state index >= 15 is 0 Å². The fraction of sp³-hybridized carbons (Fsp3) is 0.273. The minimum Gasteiger partial charge on any atom is -0.497 e. The van der Waals surface area contributed by atoms with Crippen LogP contribution >= 0.6 is 0 Å². The zero-order valence-electron chi connectivity index (χ0n) is 70.2. The lowest BCUT2D eigenvalue weighted by Crippen LogP contribution is -2.41. The van der Waals surface area contributed by atoms with Gasteiger partial charge in [-0.15, -0.1) is 0 Å². The first kappa shape index (κ1) is 81.2. The Kier molecular flexibility index (Phi) is 24.0. The first-order valence-electron chi connectivity index (χ1n) is 42.6. The van der Waals surface area contributed by atoms with Crippen molar-refractivity contribution < 1.29 is 28.7 Å². The molecule has 2 fully saturated rings. The zero-order chi connectivity index (χ0) is 84.6. The van der Waals surface area contributed by atoms with E-state index in [0.717, 1.165) is 183 Å². The Bertz CT molecular complexity index is 6220. The molecule has 2 saturated carbocycles. The van der Waals surface area contributed by atoms with Gasteiger partial charge in [0.15, 0.2) is 0 Å². The van der Waals surface area contributed by atoms with Crippen molar-refractivity contribution in [2.24, 2.45) is 11.8 Å². The number of ether oxygens (including phenoxy) is 2. The highest BCUT2D eigenvalue weighted by molar-refractivity contribution is 6.08. The molecule has 622 valence electrons. The number of nitrogens with zero attached hydrogens (tertiary/aromatic N) is 15. The largest absolute Gasteiger partial charge is 0.497 e. The topological polar surface area (TPSA) is 255 Å². The summed E-state index contributed by atoms with van der Waals surface area (Å²) in [5, 5.41) is 21.2. The number of aryl methyl sites for hydroxylation is 1. The fourth-order valence-electron chi connectivity index (χ4n) is 17.9. The predicted octanol–water partition coefficient (Wildman–Crippen LogP) is 17.7. The van der Waals surface area contributed by atoms with Crippen molar-refractivity contribution in [1.29, 1.82) is 0 Å². The molecular formula is C99H99N17O7. The van der Waals surface area contributed by atoms with Crippen LogP contribution in [0.5, 0.6) is 11.5 Å². The number of amides is 5. The van der Waals surface area contributed by atoms with Crippen molar-refractivity contribution in [2.45, 2.75) is 124 Å². The third-order valence-electron chi connectivity index (χ3n) is 24.4. The number of rotatable bonds is 11. The van der Waals surface area contributed by atoms with Gasteiger partial charge >= 0.3 is 6.03 Å². The molecule has 0 atom stereocenters. The molecule has 2 aliphatic carbocycles. The van der Waals surface area contributed by atoms with E-state index in [1.165, 1.54) is 24.0 Å². The summed E-state index contributed by atoms with van der Waals surface area (Å²) in [5.74, 6) is 4.91. The molecular weight excluding hydrogens is 1540 g/mol. The molecule has 20 rings (SSSR count). The molecule has 0 spiro atoms. The molecule has 8 aromatic heterocycles. The maximum absolute atomic E-state index is 13.4. The summed E-state index contributed by atoms with van der Waals surface area (Å²) in [7, 11) is 3.30. The first-order valence-corrected chi connectivity index (χ1v) is 42.6. The predicted molar refractivity (Wildman–Crippen MR) is 479 cm³/mol. The maximum Gasteiger partial charge on any atom is 0.323 e. The number of hydrogen-bond acceptors (Lipinski definition) is 14. The number of urea groups is 1. The van der Waals surface area contributed by atoms with Crippen LogP contribution in [0.4, 0.5) is 28.1 Å². The minimum absolute atomic E-state index is 0.101. The van der Waals surface area contributed by atoms with Crippen molar-refractivity contribution in [3.8, 4) is 79.3 Å². The number of carbonyl (C=O) groups excluding carboxylic acids is 4. The van der Waals surface area contributed by atoms with E-state index in [9.17, 15) is 24.0 Å². The second-order valence-corrected chi connectivity index (χ2v) is 31.9. The molecule has 6 aliphatic rings. The van der Waals surface area contributed by atoms with Crippen LogP contribution < -0.4 is 39.9 Å². The third kappa shape index (κ3) is 16.7. The Morgan fingerprint density at radius 2 is 0.797 bits per heavy atom. The summed E-state index contributed by atoms with van der Waals surface area (Å²) in [6.07, 6.45) is 20.7. The Hall–Kier alpha value is -14.2. The van der Waals surface area contributed by atoms with Crippen molar-refractivity contribution in [3.05, 3.63) is 303 Å². The van der Waals surface area contributed by atoms with E-state index < -0.39 is 0 Å². The van der Waals surface area contributed by atoms with Crippen LogP contribution in [0.25, 0.3) is 67.8 Å². The van der Waals surface area contributed by atoms with E-state index in [-0.39, 0.29) is 41.1 Å². The van der Waals surface area contributed by atoms with E-state index in [1.807, 2.05) is 225 Å². The monoisotopic (exact) mass is 1640 g/mol. The summed E-state index contributed by atoms with van der Waals surface area (Å²) >= 11 is 0. The SMILES string of the molecule is COc1ccc(-n2nc3c(c2C)CCN(C(=O)C2CCCCC2)c2ncccc2-3)cc1.COc1ccc(CNC(=O)N2CCc3c(nn(-c4ccccc4)c3C)-c3cccnc32)cc1.Cc1c2c(nn1-c1ccccc1)-c1cccnc1N(C(=O)C1CCCCC1)CC2.Cc1cccc(C(=O)N2CCc3c([nH]n(-c4ccccc4)c3=O)-c3cccnc32)c1. The lowest BCUT2D eigenvalue weighted by molar-refractivity contribution is -0.124. The highest BCUT2D eigenvalue weighted by atomic mass is 16.5. The normalized spacial score (nSPS) is 14.6. The van der Waals surface area contributed by atoms with Crippen molar-refractivity contribution in [1.82, 2.24) is 64.4 Å². The molecule has 5 amide bonds. The number of pyridine rings is 4. The average Bonchev–Trinajstić information content (AvgIpc) is 1.64. The lowest BCUT2D eigenvalue weighted by atomic mass is 9.88. The number of anilines is 4. The molecule has 0 unspecified atom stereocenters.